The van der Waals surface area contributed by atoms with Crippen LogP contribution in [-0.2, 0) is 6.54 Å². The van der Waals surface area contributed by atoms with Gasteiger partial charge in [0.2, 0.25) is 0 Å². The molecular weight excluding hydrogens is 278 g/mol. The van der Waals surface area contributed by atoms with Crippen LogP contribution < -0.4 is 5.32 Å². The molecule has 3 aromatic rings. The number of amides is 1. The van der Waals surface area contributed by atoms with E-state index in [1.807, 2.05) is 42.0 Å². The first-order valence-electron chi connectivity index (χ1n) is 6.87. The molecular formula is C16H15N5O. The third-order valence-corrected chi connectivity index (χ3v) is 3.23. The molecule has 0 saturated heterocycles. The highest BCUT2D eigenvalue weighted by atomic mass is 16.1. The van der Waals surface area contributed by atoms with Crippen molar-refractivity contribution in [3.8, 4) is 5.69 Å². The van der Waals surface area contributed by atoms with E-state index >= 15 is 0 Å². The Kier molecular flexibility index (Phi) is 3.91. The Morgan fingerprint density at radius 1 is 1.23 bits per heavy atom. The van der Waals surface area contributed by atoms with Gasteiger partial charge in [0.1, 0.15) is 5.69 Å². The number of aromatic nitrogens is 4. The van der Waals surface area contributed by atoms with Gasteiger partial charge in [-0.2, -0.15) is 0 Å². The maximum atomic E-state index is 12.1. The topological polar surface area (TPSA) is 72.7 Å². The molecule has 0 unspecified atom stereocenters. The molecule has 0 aliphatic rings. The third kappa shape index (κ3) is 3.01. The lowest BCUT2D eigenvalue weighted by molar-refractivity contribution is 0.0945. The molecule has 6 heteroatoms. The predicted octanol–water partition coefficient (Wildman–Crippen LogP) is 1.90. The second kappa shape index (κ2) is 6.17. The van der Waals surface area contributed by atoms with Crippen LogP contribution in [0.15, 0.2) is 55.4 Å². The molecule has 110 valence electrons. The third-order valence-electron chi connectivity index (χ3n) is 3.23. The number of carbonyl (C=O) groups is 1. The molecule has 1 N–H and O–H groups in total. The van der Waals surface area contributed by atoms with Crippen LogP contribution in [0.2, 0.25) is 0 Å². The van der Waals surface area contributed by atoms with Crippen LogP contribution in [0.3, 0.4) is 0 Å². The monoisotopic (exact) mass is 293 g/mol. The predicted molar refractivity (Wildman–Crippen MR) is 81.5 cm³/mol. The molecule has 0 aliphatic heterocycles. The Bertz CT molecular complexity index is 765. The number of imidazole rings is 1. The quantitative estimate of drug-likeness (QED) is 0.797. The molecule has 1 aromatic carbocycles. The van der Waals surface area contributed by atoms with Gasteiger partial charge in [0, 0.05) is 25.1 Å². The fourth-order valence-electron chi connectivity index (χ4n) is 2.09. The summed E-state index contributed by atoms with van der Waals surface area (Å²) in [7, 11) is 0. The molecule has 22 heavy (non-hydrogen) atoms. The van der Waals surface area contributed by atoms with Gasteiger partial charge in [0.15, 0.2) is 0 Å². The smallest absolute Gasteiger partial charge is 0.271 e. The van der Waals surface area contributed by atoms with Crippen molar-refractivity contribution in [3.05, 3.63) is 72.3 Å². The minimum Gasteiger partial charge on any atom is -0.346 e. The van der Waals surface area contributed by atoms with E-state index in [0.717, 1.165) is 16.9 Å². The zero-order valence-electron chi connectivity index (χ0n) is 12.1. The molecule has 0 fully saturated rings. The van der Waals surface area contributed by atoms with Crippen molar-refractivity contribution in [2.24, 2.45) is 0 Å². The maximum Gasteiger partial charge on any atom is 0.271 e. The first-order valence-corrected chi connectivity index (χ1v) is 6.87. The Balaban J connectivity index is 1.74. The van der Waals surface area contributed by atoms with E-state index in [1.54, 1.807) is 18.7 Å². The first-order chi connectivity index (χ1) is 10.7. The van der Waals surface area contributed by atoms with E-state index in [0.29, 0.717) is 12.2 Å². The van der Waals surface area contributed by atoms with Gasteiger partial charge >= 0.3 is 0 Å². The van der Waals surface area contributed by atoms with Gasteiger partial charge in [-0.3, -0.25) is 9.78 Å². The summed E-state index contributed by atoms with van der Waals surface area (Å²) >= 11 is 0. The molecule has 0 radical (unpaired) electrons. The molecule has 0 bridgehead atoms. The number of benzene rings is 1. The average Bonchev–Trinajstić information content (AvgIpc) is 3.08. The molecule has 3 rings (SSSR count). The zero-order valence-corrected chi connectivity index (χ0v) is 12.1. The lowest BCUT2D eigenvalue weighted by atomic mass is 10.1. The highest BCUT2D eigenvalue weighted by Crippen LogP contribution is 2.13. The molecule has 2 heterocycles. The summed E-state index contributed by atoms with van der Waals surface area (Å²) in [5.41, 5.74) is 3.07. The van der Waals surface area contributed by atoms with Crippen molar-refractivity contribution < 1.29 is 4.79 Å². The summed E-state index contributed by atoms with van der Waals surface area (Å²) in [5.74, 6) is -0.243. The van der Waals surface area contributed by atoms with Crippen molar-refractivity contribution in [1.29, 1.82) is 0 Å². The van der Waals surface area contributed by atoms with Crippen molar-refractivity contribution in [1.82, 2.24) is 24.8 Å². The number of nitrogens with one attached hydrogen (secondary N) is 1. The molecule has 1 amide bonds. The van der Waals surface area contributed by atoms with Crippen LogP contribution in [0.25, 0.3) is 5.69 Å². The highest BCUT2D eigenvalue weighted by molar-refractivity contribution is 5.91. The number of hydrogen-bond acceptors (Lipinski definition) is 4. The van der Waals surface area contributed by atoms with E-state index in [4.69, 9.17) is 0 Å². The van der Waals surface area contributed by atoms with Crippen LogP contribution >= 0.6 is 0 Å². The fraction of sp³-hybridized carbons (Fsp3) is 0.125. The van der Waals surface area contributed by atoms with Crippen LogP contribution in [-0.4, -0.2) is 25.4 Å². The normalized spacial score (nSPS) is 10.4. The van der Waals surface area contributed by atoms with E-state index in [2.05, 4.69) is 20.3 Å². The summed E-state index contributed by atoms with van der Waals surface area (Å²) < 4.78 is 1.91. The summed E-state index contributed by atoms with van der Waals surface area (Å²) in [5, 5.41) is 2.86. The van der Waals surface area contributed by atoms with E-state index in [1.165, 1.54) is 6.20 Å². The largest absolute Gasteiger partial charge is 0.346 e. The van der Waals surface area contributed by atoms with Gasteiger partial charge in [0.25, 0.3) is 5.91 Å². The minimum absolute atomic E-state index is 0.243. The number of para-hydroxylation sites is 1. The summed E-state index contributed by atoms with van der Waals surface area (Å²) in [6.45, 7) is 2.23. The summed E-state index contributed by atoms with van der Waals surface area (Å²) in [6, 6.07) is 7.84. The van der Waals surface area contributed by atoms with Crippen molar-refractivity contribution >= 4 is 5.91 Å². The summed E-state index contributed by atoms with van der Waals surface area (Å²) in [4.78, 5) is 24.3. The molecule has 0 aliphatic carbocycles. The van der Waals surface area contributed by atoms with E-state index < -0.39 is 0 Å². The van der Waals surface area contributed by atoms with Crippen molar-refractivity contribution in [2.45, 2.75) is 13.5 Å². The van der Waals surface area contributed by atoms with Crippen molar-refractivity contribution in [2.75, 3.05) is 0 Å². The summed E-state index contributed by atoms with van der Waals surface area (Å²) in [6.07, 6.45) is 8.37. The maximum absolute atomic E-state index is 12.1. The van der Waals surface area contributed by atoms with Gasteiger partial charge in [-0.15, -0.1) is 0 Å². The Morgan fingerprint density at radius 3 is 2.82 bits per heavy atom. The first kappa shape index (κ1) is 13.9. The Labute approximate surface area is 127 Å². The molecule has 0 atom stereocenters. The average molecular weight is 293 g/mol. The van der Waals surface area contributed by atoms with E-state index in [-0.39, 0.29) is 5.91 Å². The van der Waals surface area contributed by atoms with Crippen LogP contribution in [0, 0.1) is 6.92 Å². The molecule has 0 saturated carbocycles. The zero-order chi connectivity index (χ0) is 15.4. The second-order valence-corrected chi connectivity index (χ2v) is 4.82. The van der Waals surface area contributed by atoms with Gasteiger partial charge < -0.3 is 9.88 Å². The molecule has 0 spiro atoms. The van der Waals surface area contributed by atoms with Crippen LogP contribution in [0.1, 0.15) is 21.7 Å². The minimum atomic E-state index is -0.243. The lowest BCUT2D eigenvalue weighted by Crippen LogP contribution is -2.24. The number of hydrogen-bond donors (Lipinski definition) is 1. The number of carbonyl (C=O) groups excluding carboxylic acids is 1. The Hall–Kier alpha value is -3.02. The standard InChI is InChI=1S/C16H15N5O/c1-12-8-19-14(10-18-12)16(22)20-9-13-4-2-3-5-15(13)21-7-6-17-11-21/h2-8,10-11H,9H2,1H3,(H,20,22). The lowest BCUT2D eigenvalue weighted by Gasteiger charge is -2.11. The fourth-order valence-corrected chi connectivity index (χ4v) is 2.09. The number of rotatable bonds is 4. The molecule has 6 nitrogen and oxygen atoms in total. The van der Waals surface area contributed by atoms with Gasteiger partial charge in [0.05, 0.1) is 23.9 Å². The SMILES string of the molecule is Cc1cnc(C(=O)NCc2ccccc2-n2ccnc2)cn1. The van der Waals surface area contributed by atoms with Crippen LogP contribution in [0.4, 0.5) is 0 Å². The van der Waals surface area contributed by atoms with Crippen LogP contribution in [0.5, 0.6) is 0 Å². The number of aryl methyl sites for hydroxylation is 1. The molecule has 2 aromatic heterocycles. The highest BCUT2D eigenvalue weighted by Gasteiger charge is 2.09. The van der Waals surface area contributed by atoms with Crippen molar-refractivity contribution in [3.63, 3.8) is 0 Å². The van der Waals surface area contributed by atoms with Gasteiger partial charge in [-0.25, -0.2) is 9.97 Å². The number of nitrogens with zero attached hydrogens (tertiary/aromatic N) is 4. The van der Waals surface area contributed by atoms with E-state index in [9.17, 15) is 4.79 Å². The van der Waals surface area contributed by atoms with Gasteiger partial charge in [-0.05, 0) is 18.6 Å². The van der Waals surface area contributed by atoms with Gasteiger partial charge in [-0.1, -0.05) is 18.2 Å². The Morgan fingerprint density at radius 2 is 2.09 bits per heavy atom. The second-order valence-electron chi connectivity index (χ2n) is 4.82.